The average Bonchev–Trinajstić information content (AvgIpc) is 2.85. The zero-order valence-corrected chi connectivity index (χ0v) is 9.15. The summed E-state index contributed by atoms with van der Waals surface area (Å²) < 4.78 is 0. The number of thiophene rings is 2. The van der Waals surface area contributed by atoms with E-state index in [0.717, 1.165) is 0 Å². The number of aliphatic hydroxyl groups is 1. The Bertz CT molecular complexity index is 412. The SMILES string of the molecule is OCC=Cc1cc(-c2cccs2)cs1. The molecule has 0 amide bonds. The van der Waals surface area contributed by atoms with Crippen molar-refractivity contribution in [3.63, 3.8) is 0 Å². The molecule has 1 nitrogen and oxygen atoms in total. The lowest BCUT2D eigenvalue weighted by molar-refractivity contribution is 0.343. The fraction of sp³-hybridized carbons (Fsp3) is 0.0909. The van der Waals surface area contributed by atoms with E-state index < -0.39 is 0 Å². The van der Waals surface area contributed by atoms with Gasteiger partial charge in [0.25, 0.3) is 0 Å². The van der Waals surface area contributed by atoms with Crippen LogP contribution in [0, 0.1) is 0 Å². The van der Waals surface area contributed by atoms with Gasteiger partial charge in [0.1, 0.15) is 0 Å². The molecule has 0 aliphatic rings. The van der Waals surface area contributed by atoms with Crippen LogP contribution in [0.25, 0.3) is 16.5 Å². The van der Waals surface area contributed by atoms with E-state index in [1.807, 2.05) is 6.08 Å². The standard InChI is InChI=1S/C11H10OS2/c12-5-1-3-10-7-9(8-14-10)11-4-2-6-13-11/h1-4,6-8,12H,5H2. The summed E-state index contributed by atoms with van der Waals surface area (Å²) in [6.07, 6.45) is 3.70. The fourth-order valence-electron chi connectivity index (χ4n) is 1.18. The Hall–Kier alpha value is -0.900. The summed E-state index contributed by atoms with van der Waals surface area (Å²) >= 11 is 3.44. The van der Waals surface area contributed by atoms with Crippen LogP contribution >= 0.6 is 22.7 Å². The van der Waals surface area contributed by atoms with Crippen LogP contribution in [0.2, 0.25) is 0 Å². The predicted molar refractivity (Wildman–Crippen MR) is 63.8 cm³/mol. The minimum absolute atomic E-state index is 0.103. The molecule has 0 aliphatic heterocycles. The van der Waals surface area contributed by atoms with Crippen molar-refractivity contribution in [3.05, 3.63) is 39.9 Å². The molecule has 0 spiro atoms. The van der Waals surface area contributed by atoms with E-state index in [1.54, 1.807) is 28.7 Å². The Labute approximate surface area is 91.0 Å². The maximum absolute atomic E-state index is 8.64. The van der Waals surface area contributed by atoms with Crippen LogP contribution in [0.1, 0.15) is 4.88 Å². The van der Waals surface area contributed by atoms with Crippen LogP contribution in [0.5, 0.6) is 0 Å². The molecule has 0 saturated heterocycles. The van der Waals surface area contributed by atoms with E-state index in [4.69, 9.17) is 5.11 Å². The molecule has 0 radical (unpaired) electrons. The molecule has 0 unspecified atom stereocenters. The van der Waals surface area contributed by atoms with Gasteiger partial charge in [-0.2, -0.15) is 0 Å². The molecule has 14 heavy (non-hydrogen) atoms. The van der Waals surface area contributed by atoms with E-state index >= 15 is 0 Å². The second kappa shape index (κ2) is 4.55. The first-order chi connectivity index (χ1) is 6.90. The van der Waals surface area contributed by atoms with Gasteiger partial charge in [-0.05, 0) is 29.0 Å². The van der Waals surface area contributed by atoms with E-state index in [1.165, 1.54) is 15.3 Å². The Morgan fingerprint density at radius 1 is 1.36 bits per heavy atom. The number of aliphatic hydroxyl groups excluding tert-OH is 1. The van der Waals surface area contributed by atoms with Crippen molar-refractivity contribution in [1.29, 1.82) is 0 Å². The van der Waals surface area contributed by atoms with Gasteiger partial charge in [0, 0.05) is 15.3 Å². The number of hydrogen-bond acceptors (Lipinski definition) is 3. The van der Waals surface area contributed by atoms with Crippen molar-refractivity contribution < 1.29 is 5.11 Å². The Kier molecular flexibility index (Phi) is 3.14. The number of hydrogen-bond donors (Lipinski definition) is 1. The summed E-state index contributed by atoms with van der Waals surface area (Å²) in [6.45, 7) is 0.103. The van der Waals surface area contributed by atoms with Gasteiger partial charge < -0.3 is 5.11 Å². The van der Waals surface area contributed by atoms with Crippen molar-refractivity contribution in [2.45, 2.75) is 0 Å². The topological polar surface area (TPSA) is 20.2 Å². The zero-order valence-electron chi connectivity index (χ0n) is 7.51. The lowest BCUT2D eigenvalue weighted by atomic mass is 10.2. The predicted octanol–water partition coefficient (Wildman–Crippen LogP) is 3.48. The summed E-state index contributed by atoms with van der Waals surface area (Å²) in [5, 5.41) is 12.9. The molecule has 2 heterocycles. The minimum Gasteiger partial charge on any atom is -0.392 e. The van der Waals surface area contributed by atoms with Crippen molar-refractivity contribution >= 4 is 28.7 Å². The Morgan fingerprint density at radius 3 is 3.00 bits per heavy atom. The normalized spacial score (nSPS) is 11.2. The summed E-state index contributed by atoms with van der Waals surface area (Å²) in [6, 6.07) is 6.32. The molecule has 0 aliphatic carbocycles. The highest BCUT2D eigenvalue weighted by molar-refractivity contribution is 7.15. The van der Waals surface area contributed by atoms with E-state index in [9.17, 15) is 0 Å². The van der Waals surface area contributed by atoms with Crippen LogP contribution in [-0.4, -0.2) is 11.7 Å². The average molecular weight is 222 g/mol. The second-order valence-corrected chi connectivity index (χ2v) is 4.69. The van der Waals surface area contributed by atoms with Crippen LogP contribution in [0.15, 0.2) is 35.0 Å². The van der Waals surface area contributed by atoms with Crippen molar-refractivity contribution in [2.75, 3.05) is 6.61 Å². The van der Waals surface area contributed by atoms with Crippen LogP contribution in [-0.2, 0) is 0 Å². The smallest absolute Gasteiger partial charge is 0.0615 e. The van der Waals surface area contributed by atoms with Gasteiger partial charge >= 0.3 is 0 Å². The van der Waals surface area contributed by atoms with Gasteiger partial charge in [-0.25, -0.2) is 0 Å². The molecule has 3 heteroatoms. The highest BCUT2D eigenvalue weighted by Gasteiger charge is 2.00. The molecule has 0 saturated carbocycles. The van der Waals surface area contributed by atoms with Gasteiger partial charge in [-0.1, -0.05) is 12.1 Å². The summed E-state index contributed by atoms with van der Waals surface area (Å²) in [5.41, 5.74) is 1.27. The fourth-order valence-corrected chi connectivity index (χ4v) is 2.80. The highest BCUT2D eigenvalue weighted by Crippen LogP contribution is 2.29. The van der Waals surface area contributed by atoms with Crippen molar-refractivity contribution in [2.24, 2.45) is 0 Å². The Balaban J connectivity index is 2.22. The van der Waals surface area contributed by atoms with Gasteiger partial charge in [0.05, 0.1) is 6.61 Å². The first-order valence-electron chi connectivity index (χ1n) is 4.30. The molecule has 2 aromatic heterocycles. The first kappa shape index (κ1) is 9.65. The summed E-state index contributed by atoms with van der Waals surface area (Å²) in [4.78, 5) is 2.48. The van der Waals surface area contributed by atoms with Crippen LogP contribution in [0.4, 0.5) is 0 Å². The van der Waals surface area contributed by atoms with E-state index in [0.29, 0.717) is 0 Å². The van der Waals surface area contributed by atoms with Gasteiger partial charge in [-0.3, -0.25) is 0 Å². The van der Waals surface area contributed by atoms with E-state index in [2.05, 4.69) is 29.0 Å². The third-order valence-electron chi connectivity index (χ3n) is 1.81. The summed E-state index contributed by atoms with van der Waals surface area (Å²) in [7, 11) is 0. The molecule has 2 aromatic rings. The van der Waals surface area contributed by atoms with E-state index in [-0.39, 0.29) is 6.61 Å². The molecule has 0 atom stereocenters. The molecule has 1 N–H and O–H groups in total. The number of rotatable bonds is 3. The summed E-state index contributed by atoms with van der Waals surface area (Å²) in [5.74, 6) is 0. The van der Waals surface area contributed by atoms with Crippen molar-refractivity contribution in [1.82, 2.24) is 0 Å². The zero-order chi connectivity index (χ0) is 9.80. The minimum atomic E-state index is 0.103. The van der Waals surface area contributed by atoms with Crippen molar-refractivity contribution in [3.8, 4) is 10.4 Å². The third kappa shape index (κ3) is 2.12. The van der Waals surface area contributed by atoms with Gasteiger partial charge in [-0.15, -0.1) is 22.7 Å². The molecular weight excluding hydrogens is 212 g/mol. The molecule has 0 bridgehead atoms. The van der Waals surface area contributed by atoms with Crippen LogP contribution in [0.3, 0.4) is 0 Å². The molecular formula is C11H10OS2. The third-order valence-corrected chi connectivity index (χ3v) is 3.63. The van der Waals surface area contributed by atoms with Gasteiger partial charge in [0.15, 0.2) is 0 Å². The monoisotopic (exact) mass is 222 g/mol. The lowest BCUT2D eigenvalue weighted by Crippen LogP contribution is -1.68. The second-order valence-electron chi connectivity index (χ2n) is 2.80. The lowest BCUT2D eigenvalue weighted by Gasteiger charge is -1.87. The molecule has 2 rings (SSSR count). The quantitative estimate of drug-likeness (QED) is 0.843. The Morgan fingerprint density at radius 2 is 2.29 bits per heavy atom. The molecule has 72 valence electrons. The maximum atomic E-state index is 8.64. The highest BCUT2D eigenvalue weighted by atomic mass is 32.1. The molecule has 0 fully saturated rings. The molecule has 0 aromatic carbocycles. The van der Waals surface area contributed by atoms with Gasteiger partial charge in [0.2, 0.25) is 0 Å². The maximum Gasteiger partial charge on any atom is 0.0615 e. The largest absolute Gasteiger partial charge is 0.392 e. The van der Waals surface area contributed by atoms with Crippen LogP contribution < -0.4 is 0 Å². The first-order valence-corrected chi connectivity index (χ1v) is 6.06.